The summed E-state index contributed by atoms with van der Waals surface area (Å²) in [5, 5.41) is 0. The van der Waals surface area contributed by atoms with E-state index < -0.39 is 18.3 Å². The van der Waals surface area contributed by atoms with E-state index in [1.54, 1.807) is 11.9 Å². The van der Waals surface area contributed by atoms with Crippen LogP contribution in [-0.2, 0) is 14.0 Å². The molecule has 0 bridgehead atoms. The molecule has 162 valence electrons. The molecule has 1 aromatic carbocycles. The lowest BCUT2D eigenvalue weighted by atomic mass is 9.79. The number of carbonyl (C=O) groups is 1. The summed E-state index contributed by atoms with van der Waals surface area (Å²) in [7, 11) is 1.32. The molecule has 0 aliphatic carbocycles. The van der Waals surface area contributed by atoms with Crippen LogP contribution in [0, 0.1) is 0 Å². The Morgan fingerprint density at radius 1 is 1.00 bits per heavy atom. The van der Waals surface area contributed by atoms with Gasteiger partial charge in [0, 0.05) is 7.05 Å². The SMILES string of the molecule is CN(C(=O)OC(C)(C)C)C(C)(C)COc1ccc(B2OC(C)(C)C(C)(C)O2)cc1. The average Bonchev–Trinajstić information content (AvgIpc) is 2.79. The summed E-state index contributed by atoms with van der Waals surface area (Å²) in [5.74, 6) is 0.718. The van der Waals surface area contributed by atoms with Gasteiger partial charge in [0.2, 0.25) is 0 Å². The van der Waals surface area contributed by atoms with E-state index in [0.717, 1.165) is 11.2 Å². The molecule has 0 radical (unpaired) electrons. The monoisotopic (exact) mass is 405 g/mol. The number of hydrogen-bond donors (Lipinski definition) is 0. The van der Waals surface area contributed by atoms with Gasteiger partial charge in [-0.05, 0) is 79.9 Å². The molecule has 0 unspecified atom stereocenters. The van der Waals surface area contributed by atoms with Gasteiger partial charge < -0.3 is 23.7 Å². The first-order valence-electron chi connectivity index (χ1n) is 10.1. The lowest BCUT2D eigenvalue weighted by Gasteiger charge is -2.36. The van der Waals surface area contributed by atoms with Gasteiger partial charge in [-0.1, -0.05) is 12.1 Å². The molecule has 0 atom stereocenters. The maximum absolute atomic E-state index is 12.3. The largest absolute Gasteiger partial charge is 0.494 e. The number of benzene rings is 1. The van der Waals surface area contributed by atoms with Crippen LogP contribution < -0.4 is 10.2 Å². The highest BCUT2D eigenvalue weighted by atomic mass is 16.7. The van der Waals surface area contributed by atoms with Crippen molar-refractivity contribution in [2.75, 3.05) is 13.7 Å². The number of nitrogens with zero attached hydrogens (tertiary/aromatic N) is 1. The molecule has 1 saturated heterocycles. The number of likely N-dealkylation sites (N-methyl/N-ethyl adjacent to an activating group) is 1. The van der Waals surface area contributed by atoms with E-state index in [1.165, 1.54) is 0 Å². The zero-order valence-electron chi connectivity index (χ0n) is 19.6. The highest BCUT2D eigenvalue weighted by molar-refractivity contribution is 6.62. The Morgan fingerprint density at radius 2 is 1.48 bits per heavy atom. The summed E-state index contributed by atoms with van der Waals surface area (Å²) >= 11 is 0. The standard InChI is InChI=1S/C22H36BNO5/c1-19(2,3)27-18(25)24(10)20(4,5)15-26-17-13-11-16(12-14-17)23-28-21(6,7)22(8,9)29-23/h11-14H,15H2,1-10H3. The number of hydrogen-bond acceptors (Lipinski definition) is 5. The second-order valence-electron chi connectivity index (χ2n) is 10.3. The molecule has 0 saturated carbocycles. The minimum Gasteiger partial charge on any atom is -0.491 e. The molecule has 2 rings (SSSR count). The number of ether oxygens (including phenoxy) is 2. The second kappa shape index (κ2) is 7.84. The summed E-state index contributed by atoms with van der Waals surface area (Å²) in [6, 6.07) is 7.68. The Kier molecular flexibility index (Phi) is 6.37. The van der Waals surface area contributed by atoms with E-state index >= 15 is 0 Å². The lowest BCUT2D eigenvalue weighted by Crippen LogP contribution is -2.50. The number of rotatable bonds is 5. The van der Waals surface area contributed by atoms with Crippen LogP contribution in [0.2, 0.25) is 0 Å². The molecule has 0 N–H and O–H groups in total. The molecule has 1 amide bonds. The Hall–Kier alpha value is -1.73. The fourth-order valence-corrected chi connectivity index (χ4v) is 2.63. The van der Waals surface area contributed by atoms with Gasteiger partial charge in [0.15, 0.2) is 0 Å². The minimum atomic E-state index is -0.536. The van der Waals surface area contributed by atoms with Crippen molar-refractivity contribution >= 4 is 18.7 Å². The molecule has 7 heteroatoms. The summed E-state index contributed by atoms with van der Waals surface area (Å²) < 4.78 is 23.5. The van der Waals surface area contributed by atoms with E-state index in [2.05, 4.69) is 0 Å². The third kappa shape index (κ3) is 5.67. The van der Waals surface area contributed by atoms with E-state index in [1.807, 2.05) is 86.6 Å². The van der Waals surface area contributed by atoms with Crippen molar-refractivity contribution in [2.24, 2.45) is 0 Å². The molecular weight excluding hydrogens is 369 g/mol. The van der Waals surface area contributed by atoms with E-state index in [0.29, 0.717) is 6.61 Å². The predicted molar refractivity (Wildman–Crippen MR) is 116 cm³/mol. The van der Waals surface area contributed by atoms with Crippen molar-refractivity contribution in [1.29, 1.82) is 0 Å². The van der Waals surface area contributed by atoms with E-state index in [9.17, 15) is 4.79 Å². The van der Waals surface area contributed by atoms with Crippen molar-refractivity contribution in [2.45, 2.75) is 84.7 Å². The highest BCUT2D eigenvalue weighted by Gasteiger charge is 2.51. The van der Waals surface area contributed by atoms with Crippen LogP contribution in [0.5, 0.6) is 5.75 Å². The van der Waals surface area contributed by atoms with Gasteiger partial charge in [-0.3, -0.25) is 0 Å². The predicted octanol–water partition coefficient (Wildman–Crippen LogP) is 4.01. The first kappa shape index (κ1) is 23.6. The normalized spacial score (nSPS) is 18.5. The summed E-state index contributed by atoms with van der Waals surface area (Å²) in [5.41, 5.74) is -0.869. The second-order valence-corrected chi connectivity index (χ2v) is 10.3. The topological polar surface area (TPSA) is 57.2 Å². The Bertz CT molecular complexity index is 706. The Labute approximate surface area is 176 Å². The molecule has 1 aliphatic heterocycles. The average molecular weight is 405 g/mol. The molecule has 1 aliphatic rings. The zero-order valence-corrected chi connectivity index (χ0v) is 19.6. The van der Waals surface area contributed by atoms with Gasteiger partial charge in [0.1, 0.15) is 18.0 Å². The number of amides is 1. The molecule has 0 aromatic heterocycles. The van der Waals surface area contributed by atoms with Crippen LogP contribution in [0.3, 0.4) is 0 Å². The molecule has 1 aromatic rings. The van der Waals surface area contributed by atoms with Crippen molar-refractivity contribution < 1.29 is 23.6 Å². The van der Waals surface area contributed by atoms with Crippen molar-refractivity contribution in [3.05, 3.63) is 24.3 Å². The quantitative estimate of drug-likeness (QED) is 0.693. The van der Waals surface area contributed by atoms with E-state index in [-0.39, 0.29) is 17.3 Å². The zero-order chi connectivity index (χ0) is 22.3. The van der Waals surface area contributed by atoms with Crippen LogP contribution in [0.4, 0.5) is 4.79 Å². The molecule has 6 nitrogen and oxygen atoms in total. The third-order valence-electron chi connectivity index (χ3n) is 5.57. The fourth-order valence-electron chi connectivity index (χ4n) is 2.63. The maximum Gasteiger partial charge on any atom is 0.494 e. The molecule has 1 fully saturated rings. The van der Waals surface area contributed by atoms with Crippen LogP contribution in [0.1, 0.15) is 62.3 Å². The van der Waals surface area contributed by atoms with Gasteiger partial charge in [-0.25, -0.2) is 4.79 Å². The van der Waals surface area contributed by atoms with Crippen LogP contribution in [0.15, 0.2) is 24.3 Å². The highest BCUT2D eigenvalue weighted by Crippen LogP contribution is 2.36. The Morgan fingerprint density at radius 3 is 1.93 bits per heavy atom. The van der Waals surface area contributed by atoms with Gasteiger partial charge in [-0.2, -0.15) is 0 Å². The van der Waals surface area contributed by atoms with Crippen molar-refractivity contribution in [3.8, 4) is 5.75 Å². The summed E-state index contributed by atoms with van der Waals surface area (Å²) in [4.78, 5) is 13.9. The fraction of sp³-hybridized carbons (Fsp3) is 0.682. The van der Waals surface area contributed by atoms with Crippen LogP contribution in [-0.4, -0.2) is 54.1 Å². The Balaban J connectivity index is 1.97. The van der Waals surface area contributed by atoms with Gasteiger partial charge in [0.05, 0.1) is 16.7 Å². The first-order valence-corrected chi connectivity index (χ1v) is 10.1. The summed E-state index contributed by atoms with van der Waals surface area (Å²) in [6.45, 7) is 17.9. The number of carbonyl (C=O) groups excluding carboxylic acids is 1. The first-order chi connectivity index (χ1) is 13.0. The van der Waals surface area contributed by atoms with Gasteiger partial charge >= 0.3 is 13.2 Å². The summed E-state index contributed by atoms with van der Waals surface area (Å²) in [6.07, 6.45) is -0.373. The third-order valence-corrected chi connectivity index (χ3v) is 5.57. The molecule has 1 heterocycles. The smallest absolute Gasteiger partial charge is 0.491 e. The lowest BCUT2D eigenvalue weighted by molar-refractivity contribution is 0.00263. The van der Waals surface area contributed by atoms with E-state index in [4.69, 9.17) is 18.8 Å². The van der Waals surface area contributed by atoms with Crippen LogP contribution in [0.25, 0.3) is 0 Å². The van der Waals surface area contributed by atoms with Crippen molar-refractivity contribution in [1.82, 2.24) is 4.90 Å². The van der Waals surface area contributed by atoms with Crippen LogP contribution >= 0.6 is 0 Å². The molecule has 29 heavy (non-hydrogen) atoms. The van der Waals surface area contributed by atoms with Gasteiger partial charge in [-0.15, -0.1) is 0 Å². The maximum atomic E-state index is 12.3. The minimum absolute atomic E-state index is 0.332. The van der Waals surface area contributed by atoms with Gasteiger partial charge in [0.25, 0.3) is 0 Å². The van der Waals surface area contributed by atoms with Crippen molar-refractivity contribution in [3.63, 3.8) is 0 Å². The molecular formula is C22H36BNO5. The molecule has 0 spiro atoms.